The maximum absolute atomic E-state index is 2.38. The summed E-state index contributed by atoms with van der Waals surface area (Å²) in [5.74, 6) is 0. The Morgan fingerprint density at radius 2 is 0.735 bits per heavy atom. The summed E-state index contributed by atoms with van der Waals surface area (Å²) >= 11 is 0. The number of aryl methyl sites for hydroxylation is 2. The monoisotopic (exact) mass is 434 g/mol. The van der Waals surface area contributed by atoms with E-state index in [9.17, 15) is 0 Å². The number of fused-ring (bicyclic) bond motifs is 2. The van der Waals surface area contributed by atoms with Crippen molar-refractivity contribution >= 4 is 21.5 Å². The molecule has 34 heavy (non-hydrogen) atoms. The molecule has 0 atom stereocenters. The first-order valence-corrected chi connectivity index (χ1v) is 11.9. The summed E-state index contributed by atoms with van der Waals surface area (Å²) < 4.78 is 0. The molecule has 6 aromatic rings. The highest BCUT2D eigenvalue weighted by Crippen LogP contribution is 2.45. The van der Waals surface area contributed by atoms with Crippen molar-refractivity contribution in [3.8, 4) is 33.4 Å². The van der Waals surface area contributed by atoms with Crippen LogP contribution in [0.15, 0.2) is 121 Å². The average molecular weight is 435 g/mol. The van der Waals surface area contributed by atoms with E-state index in [-0.39, 0.29) is 0 Å². The van der Waals surface area contributed by atoms with Crippen LogP contribution in [0.2, 0.25) is 0 Å². The van der Waals surface area contributed by atoms with Crippen LogP contribution in [0.3, 0.4) is 0 Å². The normalized spacial score (nSPS) is 11.2. The van der Waals surface area contributed by atoms with Crippen molar-refractivity contribution < 1.29 is 0 Å². The van der Waals surface area contributed by atoms with Gasteiger partial charge in [0.25, 0.3) is 0 Å². The van der Waals surface area contributed by atoms with Crippen LogP contribution in [0.5, 0.6) is 0 Å². The lowest BCUT2D eigenvalue weighted by molar-refractivity contribution is 1.39. The molecule has 0 heterocycles. The summed E-state index contributed by atoms with van der Waals surface area (Å²) in [4.78, 5) is 0. The molecule has 0 bridgehead atoms. The van der Waals surface area contributed by atoms with Gasteiger partial charge in [0.2, 0.25) is 0 Å². The van der Waals surface area contributed by atoms with Crippen LogP contribution in [0, 0.1) is 13.8 Å². The van der Waals surface area contributed by atoms with Gasteiger partial charge in [-0.05, 0) is 79.9 Å². The molecular formula is C34H26. The van der Waals surface area contributed by atoms with Crippen molar-refractivity contribution in [2.75, 3.05) is 0 Å². The number of benzene rings is 6. The second kappa shape index (κ2) is 8.32. The minimum Gasteiger partial charge on any atom is -0.0622 e. The lowest BCUT2D eigenvalue weighted by Crippen LogP contribution is -1.94. The van der Waals surface area contributed by atoms with Gasteiger partial charge in [0.05, 0.1) is 0 Å². The van der Waals surface area contributed by atoms with E-state index >= 15 is 0 Å². The molecule has 0 spiro atoms. The van der Waals surface area contributed by atoms with Gasteiger partial charge >= 0.3 is 0 Å². The van der Waals surface area contributed by atoms with Gasteiger partial charge in [-0.1, -0.05) is 121 Å². The van der Waals surface area contributed by atoms with E-state index in [1.54, 1.807) is 0 Å². The summed E-state index contributed by atoms with van der Waals surface area (Å²) in [5.41, 5.74) is 10.4. The Morgan fingerprint density at radius 3 is 1.26 bits per heavy atom. The third-order valence-electron chi connectivity index (χ3n) is 6.92. The standard InChI is InChI=1S/C34H26/c1-23-22-32(24(2)21-31(23)25-13-5-3-6-14-25)34-29-19-11-9-17-27(29)33(26-15-7-4-8-16-26)28-18-10-12-20-30(28)34/h3-22H,1-2H3. The Balaban J connectivity index is 1.71. The lowest BCUT2D eigenvalue weighted by atomic mass is 9.83. The lowest BCUT2D eigenvalue weighted by Gasteiger charge is -2.20. The Morgan fingerprint density at radius 1 is 0.353 bits per heavy atom. The highest BCUT2D eigenvalue weighted by Gasteiger charge is 2.18. The van der Waals surface area contributed by atoms with E-state index in [1.807, 2.05) is 0 Å². The van der Waals surface area contributed by atoms with Crippen LogP contribution in [-0.4, -0.2) is 0 Å². The van der Waals surface area contributed by atoms with Gasteiger partial charge in [-0.25, -0.2) is 0 Å². The first-order chi connectivity index (χ1) is 16.7. The molecule has 0 heteroatoms. The van der Waals surface area contributed by atoms with E-state index < -0.39 is 0 Å². The molecule has 162 valence electrons. The number of hydrogen-bond acceptors (Lipinski definition) is 0. The fraction of sp³-hybridized carbons (Fsp3) is 0.0588. The minimum absolute atomic E-state index is 1.26. The smallest absolute Gasteiger partial charge is 0.00236 e. The van der Waals surface area contributed by atoms with E-state index in [0.717, 1.165) is 0 Å². The molecule has 6 rings (SSSR count). The van der Waals surface area contributed by atoms with E-state index in [0.29, 0.717) is 0 Å². The Bertz CT molecular complexity index is 1580. The van der Waals surface area contributed by atoms with Crippen molar-refractivity contribution in [2.24, 2.45) is 0 Å². The van der Waals surface area contributed by atoms with Gasteiger partial charge in [0.15, 0.2) is 0 Å². The maximum atomic E-state index is 2.38. The first kappa shape index (κ1) is 20.4. The SMILES string of the molecule is Cc1cc(-c2c3ccccc3c(-c3ccccc3)c3ccccc23)c(C)cc1-c1ccccc1. The molecule has 0 aliphatic heterocycles. The Labute approximate surface area is 201 Å². The van der Waals surface area contributed by atoms with Crippen LogP contribution in [-0.2, 0) is 0 Å². The summed E-state index contributed by atoms with van der Waals surface area (Å²) in [6, 6.07) is 44.0. The molecule has 6 aromatic carbocycles. The highest BCUT2D eigenvalue weighted by molar-refractivity contribution is 6.21. The van der Waals surface area contributed by atoms with Crippen LogP contribution in [0.25, 0.3) is 54.9 Å². The average Bonchev–Trinajstić information content (AvgIpc) is 2.89. The maximum Gasteiger partial charge on any atom is -0.00236 e. The fourth-order valence-electron chi connectivity index (χ4n) is 5.35. The summed E-state index contributed by atoms with van der Waals surface area (Å²) in [7, 11) is 0. The molecule has 0 nitrogen and oxygen atoms in total. The Kier molecular flexibility index (Phi) is 5.00. The molecule has 0 unspecified atom stereocenters. The molecule has 0 saturated carbocycles. The zero-order valence-corrected chi connectivity index (χ0v) is 19.5. The van der Waals surface area contributed by atoms with Gasteiger partial charge in [-0.2, -0.15) is 0 Å². The van der Waals surface area contributed by atoms with Gasteiger partial charge in [-0.3, -0.25) is 0 Å². The van der Waals surface area contributed by atoms with Crippen molar-refractivity contribution in [2.45, 2.75) is 13.8 Å². The predicted octanol–water partition coefficient (Wildman–Crippen LogP) is 9.61. The third kappa shape index (κ3) is 3.31. The molecule has 0 radical (unpaired) electrons. The third-order valence-corrected chi connectivity index (χ3v) is 6.92. The van der Waals surface area contributed by atoms with E-state index in [4.69, 9.17) is 0 Å². The van der Waals surface area contributed by atoms with Crippen molar-refractivity contribution in [3.05, 3.63) is 132 Å². The molecular weight excluding hydrogens is 408 g/mol. The second-order valence-electron chi connectivity index (χ2n) is 9.06. The summed E-state index contributed by atoms with van der Waals surface area (Å²) in [5, 5.41) is 5.20. The molecule has 0 N–H and O–H groups in total. The molecule has 0 saturated heterocycles. The van der Waals surface area contributed by atoms with E-state index in [1.165, 1.54) is 66.1 Å². The van der Waals surface area contributed by atoms with E-state index in [2.05, 4.69) is 135 Å². The van der Waals surface area contributed by atoms with Crippen LogP contribution >= 0.6 is 0 Å². The topological polar surface area (TPSA) is 0 Å². The second-order valence-corrected chi connectivity index (χ2v) is 9.06. The van der Waals surface area contributed by atoms with Crippen LogP contribution in [0.1, 0.15) is 11.1 Å². The molecule has 0 fully saturated rings. The number of hydrogen-bond donors (Lipinski definition) is 0. The van der Waals surface area contributed by atoms with Crippen LogP contribution in [0.4, 0.5) is 0 Å². The van der Waals surface area contributed by atoms with Crippen LogP contribution < -0.4 is 0 Å². The fourth-order valence-corrected chi connectivity index (χ4v) is 5.35. The first-order valence-electron chi connectivity index (χ1n) is 11.9. The number of rotatable bonds is 3. The summed E-state index contributed by atoms with van der Waals surface area (Å²) in [6.07, 6.45) is 0. The molecule has 0 amide bonds. The van der Waals surface area contributed by atoms with Gasteiger partial charge < -0.3 is 0 Å². The van der Waals surface area contributed by atoms with Gasteiger partial charge in [0.1, 0.15) is 0 Å². The molecule has 0 aromatic heterocycles. The zero-order valence-electron chi connectivity index (χ0n) is 19.5. The van der Waals surface area contributed by atoms with Crippen molar-refractivity contribution in [1.82, 2.24) is 0 Å². The zero-order chi connectivity index (χ0) is 23.1. The molecule has 0 aliphatic rings. The van der Waals surface area contributed by atoms with Crippen molar-refractivity contribution in [3.63, 3.8) is 0 Å². The molecule has 0 aliphatic carbocycles. The summed E-state index contributed by atoms with van der Waals surface area (Å²) in [6.45, 7) is 4.48. The van der Waals surface area contributed by atoms with Gasteiger partial charge in [0, 0.05) is 0 Å². The predicted molar refractivity (Wildman–Crippen MR) is 147 cm³/mol. The quantitative estimate of drug-likeness (QED) is 0.243. The van der Waals surface area contributed by atoms with Crippen molar-refractivity contribution in [1.29, 1.82) is 0 Å². The minimum atomic E-state index is 1.26. The largest absolute Gasteiger partial charge is 0.0622 e. The Hall–Kier alpha value is -4.16. The van der Waals surface area contributed by atoms with Gasteiger partial charge in [-0.15, -0.1) is 0 Å². The highest BCUT2D eigenvalue weighted by atomic mass is 14.2.